The number of nitrogens with zero attached hydrogens (tertiary/aromatic N) is 2. The molecule has 4 aromatic rings. The number of nitrogens with one attached hydrogen (secondary N) is 1. The van der Waals surface area contributed by atoms with Crippen molar-refractivity contribution < 1.29 is 14.3 Å². The van der Waals surface area contributed by atoms with Gasteiger partial charge in [-0.3, -0.25) is 4.79 Å². The molecular formula is C29H31N3O3. The van der Waals surface area contributed by atoms with Crippen molar-refractivity contribution in [2.24, 2.45) is 0 Å². The van der Waals surface area contributed by atoms with E-state index in [0.29, 0.717) is 19.6 Å². The van der Waals surface area contributed by atoms with Crippen molar-refractivity contribution in [3.8, 4) is 11.5 Å². The van der Waals surface area contributed by atoms with Crippen LogP contribution in [0.3, 0.4) is 0 Å². The van der Waals surface area contributed by atoms with Crippen LogP contribution in [-0.4, -0.2) is 35.7 Å². The second kappa shape index (κ2) is 12.4. The third kappa shape index (κ3) is 6.96. The summed E-state index contributed by atoms with van der Waals surface area (Å²) >= 11 is 0. The molecule has 0 aliphatic rings. The average Bonchev–Trinajstić information content (AvgIpc) is 3.25. The smallest absolute Gasteiger partial charge is 0.244 e. The first-order valence-electron chi connectivity index (χ1n) is 11.9. The van der Waals surface area contributed by atoms with Crippen LogP contribution in [0.1, 0.15) is 24.2 Å². The van der Waals surface area contributed by atoms with Gasteiger partial charge in [0.1, 0.15) is 17.3 Å². The Bertz CT molecular complexity index is 1250. The molecule has 0 atom stereocenters. The van der Waals surface area contributed by atoms with E-state index in [9.17, 15) is 4.79 Å². The number of methoxy groups -OCH3 is 1. The summed E-state index contributed by atoms with van der Waals surface area (Å²) in [4.78, 5) is 17.0. The molecule has 0 radical (unpaired) electrons. The summed E-state index contributed by atoms with van der Waals surface area (Å²) < 4.78 is 13.3. The molecule has 0 unspecified atom stereocenters. The molecule has 1 aromatic heterocycles. The molecule has 35 heavy (non-hydrogen) atoms. The van der Waals surface area contributed by atoms with Crippen molar-refractivity contribution in [2.75, 3.05) is 20.3 Å². The minimum Gasteiger partial charge on any atom is -0.497 e. The molecule has 0 fully saturated rings. The predicted molar refractivity (Wildman–Crippen MR) is 140 cm³/mol. The molecule has 0 aliphatic heterocycles. The maximum absolute atomic E-state index is 12.2. The zero-order valence-corrected chi connectivity index (χ0v) is 20.0. The van der Waals surface area contributed by atoms with Crippen molar-refractivity contribution >= 4 is 23.0 Å². The Balaban J connectivity index is 1.28. The largest absolute Gasteiger partial charge is 0.497 e. The predicted octanol–water partition coefficient (Wildman–Crippen LogP) is 5.28. The van der Waals surface area contributed by atoms with Crippen LogP contribution in [0.15, 0.2) is 84.9 Å². The first kappa shape index (κ1) is 24.1. The Kier molecular flexibility index (Phi) is 8.54. The highest BCUT2D eigenvalue weighted by molar-refractivity contribution is 5.91. The summed E-state index contributed by atoms with van der Waals surface area (Å²) in [5.74, 6) is 2.54. The standard InChI is InChI=1S/C29H31N3O3/c1-34-24-14-16-25(17-15-24)35-22-8-7-21-32-27-12-6-5-11-26(27)31-28(32)19-20-30-29(33)18-13-23-9-3-2-4-10-23/h2-6,9-18H,7-8,19-22H2,1H3,(H,30,33)/b18-13+. The number of aryl methyl sites for hydroxylation is 1. The number of hydrogen-bond donors (Lipinski definition) is 1. The molecule has 180 valence electrons. The number of fused-ring (bicyclic) bond motifs is 1. The van der Waals surface area contributed by atoms with Gasteiger partial charge in [-0.2, -0.15) is 0 Å². The average molecular weight is 470 g/mol. The second-order valence-corrected chi connectivity index (χ2v) is 8.18. The summed E-state index contributed by atoms with van der Waals surface area (Å²) in [6.07, 6.45) is 5.95. The number of rotatable bonds is 12. The summed E-state index contributed by atoms with van der Waals surface area (Å²) in [5.41, 5.74) is 3.10. The Morgan fingerprint density at radius 1 is 0.943 bits per heavy atom. The summed E-state index contributed by atoms with van der Waals surface area (Å²) in [6, 6.07) is 25.6. The van der Waals surface area contributed by atoms with Crippen LogP contribution in [0.4, 0.5) is 0 Å². The van der Waals surface area contributed by atoms with Gasteiger partial charge in [-0.1, -0.05) is 42.5 Å². The number of carbonyl (C=O) groups excluding carboxylic acids is 1. The SMILES string of the molecule is COc1ccc(OCCCCn2c(CCNC(=O)/C=C/c3ccccc3)nc3ccccc32)cc1. The van der Waals surface area contributed by atoms with E-state index in [2.05, 4.69) is 16.0 Å². The van der Waals surface area contributed by atoms with Gasteiger partial charge < -0.3 is 19.4 Å². The number of para-hydroxylation sites is 2. The molecule has 1 N–H and O–H groups in total. The number of unbranched alkanes of at least 4 members (excludes halogenated alkanes) is 1. The Morgan fingerprint density at radius 3 is 2.49 bits per heavy atom. The number of amides is 1. The van der Waals surface area contributed by atoms with Crippen LogP contribution in [-0.2, 0) is 17.8 Å². The molecule has 1 amide bonds. The fourth-order valence-electron chi connectivity index (χ4n) is 3.89. The molecule has 0 saturated carbocycles. The Morgan fingerprint density at radius 2 is 1.69 bits per heavy atom. The molecule has 1 heterocycles. The molecule has 6 heteroatoms. The molecule has 3 aromatic carbocycles. The van der Waals surface area contributed by atoms with E-state index in [1.807, 2.05) is 78.9 Å². The number of carbonyl (C=O) groups is 1. The quantitative estimate of drug-likeness (QED) is 0.227. The van der Waals surface area contributed by atoms with Gasteiger partial charge in [0.15, 0.2) is 0 Å². The fourth-order valence-corrected chi connectivity index (χ4v) is 3.89. The number of hydrogen-bond acceptors (Lipinski definition) is 4. The number of benzene rings is 3. The van der Waals surface area contributed by atoms with Gasteiger partial charge >= 0.3 is 0 Å². The van der Waals surface area contributed by atoms with Gasteiger partial charge in [0.25, 0.3) is 0 Å². The highest BCUT2D eigenvalue weighted by Gasteiger charge is 2.10. The van der Waals surface area contributed by atoms with Crippen LogP contribution < -0.4 is 14.8 Å². The Hall–Kier alpha value is -4.06. The van der Waals surface area contributed by atoms with Gasteiger partial charge in [-0.15, -0.1) is 0 Å². The van der Waals surface area contributed by atoms with E-state index < -0.39 is 0 Å². The highest BCUT2D eigenvalue weighted by atomic mass is 16.5. The summed E-state index contributed by atoms with van der Waals surface area (Å²) in [5, 5.41) is 2.97. The highest BCUT2D eigenvalue weighted by Crippen LogP contribution is 2.19. The van der Waals surface area contributed by atoms with Gasteiger partial charge in [-0.05, 0) is 60.9 Å². The van der Waals surface area contributed by atoms with E-state index >= 15 is 0 Å². The van der Waals surface area contributed by atoms with Crippen molar-refractivity contribution in [3.63, 3.8) is 0 Å². The molecule has 6 nitrogen and oxygen atoms in total. The molecule has 0 aliphatic carbocycles. The number of imidazole rings is 1. The lowest BCUT2D eigenvalue weighted by Crippen LogP contribution is -2.24. The topological polar surface area (TPSA) is 65.4 Å². The molecular weight excluding hydrogens is 438 g/mol. The zero-order chi connectivity index (χ0) is 24.3. The molecule has 0 saturated heterocycles. The van der Waals surface area contributed by atoms with Gasteiger partial charge in [-0.25, -0.2) is 4.98 Å². The number of ether oxygens (including phenoxy) is 2. The molecule has 0 bridgehead atoms. The first-order chi connectivity index (χ1) is 17.2. The van der Waals surface area contributed by atoms with Crippen molar-refractivity contribution in [3.05, 3.63) is 96.3 Å². The van der Waals surface area contributed by atoms with Crippen LogP contribution >= 0.6 is 0 Å². The minimum atomic E-state index is -0.104. The van der Waals surface area contributed by atoms with Gasteiger partial charge in [0.05, 0.1) is 24.8 Å². The third-order valence-corrected chi connectivity index (χ3v) is 5.71. The first-order valence-corrected chi connectivity index (χ1v) is 11.9. The van der Waals surface area contributed by atoms with Gasteiger partial charge in [0, 0.05) is 25.6 Å². The maximum Gasteiger partial charge on any atom is 0.244 e. The van der Waals surface area contributed by atoms with Crippen molar-refractivity contribution in [1.29, 1.82) is 0 Å². The second-order valence-electron chi connectivity index (χ2n) is 8.18. The lowest BCUT2D eigenvalue weighted by Gasteiger charge is -2.11. The van der Waals surface area contributed by atoms with Crippen molar-refractivity contribution in [1.82, 2.24) is 14.9 Å². The van der Waals surface area contributed by atoms with Crippen LogP contribution in [0, 0.1) is 0 Å². The monoisotopic (exact) mass is 469 g/mol. The van der Waals surface area contributed by atoms with E-state index in [-0.39, 0.29) is 5.91 Å². The maximum atomic E-state index is 12.2. The zero-order valence-electron chi connectivity index (χ0n) is 20.0. The van der Waals surface area contributed by atoms with Crippen LogP contribution in [0.5, 0.6) is 11.5 Å². The van der Waals surface area contributed by atoms with Crippen molar-refractivity contribution in [2.45, 2.75) is 25.8 Å². The number of aromatic nitrogens is 2. The minimum absolute atomic E-state index is 0.104. The van der Waals surface area contributed by atoms with E-state index in [1.54, 1.807) is 13.2 Å². The normalized spacial score (nSPS) is 11.1. The Labute approximate surface area is 206 Å². The van der Waals surface area contributed by atoms with E-state index in [0.717, 1.165) is 53.3 Å². The molecule has 0 spiro atoms. The fraction of sp³-hybridized carbons (Fsp3) is 0.241. The lowest BCUT2D eigenvalue weighted by atomic mass is 10.2. The van der Waals surface area contributed by atoms with E-state index in [4.69, 9.17) is 14.5 Å². The lowest BCUT2D eigenvalue weighted by molar-refractivity contribution is -0.116. The summed E-state index contributed by atoms with van der Waals surface area (Å²) in [7, 11) is 1.65. The third-order valence-electron chi connectivity index (χ3n) is 5.71. The van der Waals surface area contributed by atoms with E-state index in [1.165, 1.54) is 0 Å². The van der Waals surface area contributed by atoms with Crippen LogP contribution in [0.2, 0.25) is 0 Å². The summed E-state index contributed by atoms with van der Waals surface area (Å²) in [6.45, 7) is 2.03. The molecule has 4 rings (SSSR count). The van der Waals surface area contributed by atoms with Crippen LogP contribution in [0.25, 0.3) is 17.1 Å². The van der Waals surface area contributed by atoms with Gasteiger partial charge in [0.2, 0.25) is 5.91 Å².